The minimum atomic E-state index is 0.0171. The number of rotatable bonds is 8. The highest BCUT2D eigenvalue weighted by Gasteiger charge is 2.31. The van der Waals surface area contributed by atoms with Gasteiger partial charge in [0.05, 0.1) is 24.9 Å². The number of likely N-dealkylation sites (tertiary alicyclic amines) is 1. The summed E-state index contributed by atoms with van der Waals surface area (Å²) in [6.07, 6.45) is 9.84. The first-order valence-electron chi connectivity index (χ1n) is 14.3. The molecule has 206 valence electrons. The van der Waals surface area contributed by atoms with Gasteiger partial charge in [0, 0.05) is 50.1 Å². The van der Waals surface area contributed by atoms with Gasteiger partial charge in [-0.15, -0.1) is 0 Å². The minimum Gasteiger partial charge on any atom is -0.379 e. The summed E-state index contributed by atoms with van der Waals surface area (Å²) >= 11 is 0. The van der Waals surface area contributed by atoms with Gasteiger partial charge < -0.3 is 24.4 Å². The van der Waals surface area contributed by atoms with Crippen molar-refractivity contribution in [3.8, 4) is 0 Å². The van der Waals surface area contributed by atoms with E-state index in [0.29, 0.717) is 24.4 Å². The Kier molecular flexibility index (Phi) is 9.38. The van der Waals surface area contributed by atoms with Crippen molar-refractivity contribution in [2.24, 2.45) is 0 Å². The molecule has 0 unspecified atom stereocenters. The molecule has 5 rings (SSSR count). The second kappa shape index (κ2) is 13.1. The van der Waals surface area contributed by atoms with E-state index in [4.69, 9.17) is 14.2 Å². The van der Waals surface area contributed by atoms with Gasteiger partial charge in [-0.1, -0.05) is 30.3 Å². The summed E-state index contributed by atoms with van der Waals surface area (Å²) in [6, 6.07) is 11.2. The minimum absolute atomic E-state index is 0.0171. The van der Waals surface area contributed by atoms with Crippen LogP contribution in [0.15, 0.2) is 36.7 Å². The van der Waals surface area contributed by atoms with Gasteiger partial charge >= 0.3 is 0 Å². The first-order valence-corrected chi connectivity index (χ1v) is 14.3. The number of carbonyl (C=O) groups is 1. The van der Waals surface area contributed by atoms with Gasteiger partial charge in [-0.2, -0.15) is 0 Å². The molecule has 1 aromatic carbocycles. The molecule has 3 aliphatic rings. The number of amides is 1. The SMILES string of the molecule is CO[C@@H]1COCC[C@@H]1NC1CCN(C(=O)c2ncnc(CC[C@@H]3CCC[C@H](c4ccccc4)O3)c2C)CC1. The Bertz CT molecular complexity index is 1040. The van der Waals surface area contributed by atoms with Gasteiger partial charge in [0.15, 0.2) is 0 Å². The number of carbonyl (C=O) groups excluding carboxylic acids is 1. The first-order chi connectivity index (χ1) is 18.6. The zero-order valence-electron chi connectivity index (χ0n) is 22.8. The molecule has 8 heteroatoms. The zero-order chi connectivity index (χ0) is 26.3. The lowest BCUT2D eigenvalue weighted by atomic mass is 9.95. The van der Waals surface area contributed by atoms with Crippen LogP contribution in [-0.4, -0.2) is 78.5 Å². The third-order valence-electron chi connectivity index (χ3n) is 8.45. The number of aryl methyl sites for hydroxylation is 1. The number of hydrogen-bond acceptors (Lipinski definition) is 7. The molecule has 0 spiro atoms. The van der Waals surface area contributed by atoms with Crippen LogP contribution in [0.25, 0.3) is 0 Å². The highest BCUT2D eigenvalue weighted by atomic mass is 16.5. The summed E-state index contributed by atoms with van der Waals surface area (Å²) < 4.78 is 17.6. The Morgan fingerprint density at radius 3 is 2.71 bits per heavy atom. The lowest BCUT2D eigenvalue weighted by molar-refractivity contribution is -0.0547. The lowest BCUT2D eigenvalue weighted by Gasteiger charge is -2.38. The maximum Gasteiger partial charge on any atom is 0.272 e. The predicted molar refractivity (Wildman–Crippen MR) is 145 cm³/mol. The molecule has 0 bridgehead atoms. The van der Waals surface area contributed by atoms with Gasteiger partial charge in [-0.05, 0) is 63.9 Å². The van der Waals surface area contributed by atoms with Crippen molar-refractivity contribution in [3.63, 3.8) is 0 Å². The third kappa shape index (κ3) is 6.60. The second-order valence-electron chi connectivity index (χ2n) is 10.9. The fourth-order valence-corrected chi connectivity index (χ4v) is 6.11. The smallest absolute Gasteiger partial charge is 0.272 e. The van der Waals surface area contributed by atoms with Gasteiger partial charge in [0.1, 0.15) is 12.0 Å². The molecule has 4 atom stereocenters. The average Bonchev–Trinajstić information content (AvgIpc) is 2.97. The molecule has 3 saturated heterocycles. The summed E-state index contributed by atoms with van der Waals surface area (Å²) in [5, 5.41) is 3.76. The van der Waals surface area contributed by atoms with Crippen molar-refractivity contribution in [2.75, 3.05) is 33.4 Å². The van der Waals surface area contributed by atoms with Crippen LogP contribution in [0, 0.1) is 6.92 Å². The highest BCUT2D eigenvalue weighted by molar-refractivity contribution is 5.93. The lowest BCUT2D eigenvalue weighted by Crippen LogP contribution is -2.54. The van der Waals surface area contributed by atoms with Crippen molar-refractivity contribution in [1.82, 2.24) is 20.2 Å². The molecule has 0 aliphatic carbocycles. The van der Waals surface area contributed by atoms with Crippen molar-refractivity contribution in [1.29, 1.82) is 0 Å². The van der Waals surface area contributed by atoms with Crippen LogP contribution in [0.3, 0.4) is 0 Å². The van der Waals surface area contributed by atoms with Crippen LogP contribution in [-0.2, 0) is 20.6 Å². The molecule has 2 aromatic rings. The van der Waals surface area contributed by atoms with Gasteiger partial charge in [0.25, 0.3) is 5.91 Å². The van der Waals surface area contributed by atoms with E-state index in [-0.39, 0.29) is 24.2 Å². The fourth-order valence-electron chi connectivity index (χ4n) is 6.11. The van der Waals surface area contributed by atoms with E-state index in [0.717, 1.165) is 75.9 Å². The average molecular weight is 523 g/mol. The largest absolute Gasteiger partial charge is 0.379 e. The summed E-state index contributed by atoms with van der Waals surface area (Å²) in [7, 11) is 1.75. The van der Waals surface area contributed by atoms with Crippen LogP contribution >= 0.6 is 0 Å². The molecular weight excluding hydrogens is 480 g/mol. The number of hydrogen-bond donors (Lipinski definition) is 1. The summed E-state index contributed by atoms with van der Waals surface area (Å²) in [5.41, 5.74) is 3.65. The molecule has 1 amide bonds. The van der Waals surface area contributed by atoms with E-state index in [1.54, 1.807) is 13.4 Å². The van der Waals surface area contributed by atoms with Gasteiger partial charge in [-0.3, -0.25) is 4.79 Å². The van der Waals surface area contributed by atoms with Crippen LogP contribution < -0.4 is 5.32 Å². The first kappa shape index (κ1) is 27.2. The number of benzene rings is 1. The molecular formula is C30H42N4O4. The van der Waals surface area contributed by atoms with Crippen molar-refractivity contribution in [3.05, 3.63) is 59.2 Å². The Labute approximate surface area is 226 Å². The Hall–Kier alpha value is -2.39. The molecule has 1 aromatic heterocycles. The number of piperidine rings is 1. The molecule has 4 heterocycles. The maximum atomic E-state index is 13.4. The van der Waals surface area contributed by atoms with Crippen LogP contribution in [0.2, 0.25) is 0 Å². The van der Waals surface area contributed by atoms with Gasteiger partial charge in [0.2, 0.25) is 0 Å². The van der Waals surface area contributed by atoms with Crippen molar-refractivity contribution in [2.45, 2.75) is 88.7 Å². The van der Waals surface area contributed by atoms with Crippen molar-refractivity contribution >= 4 is 5.91 Å². The Balaban J connectivity index is 1.13. The molecule has 1 N–H and O–H groups in total. The monoisotopic (exact) mass is 522 g/mol. The van der Waals surface area contributed by atoms with Crippen LogP contribution in [0.5, 0.6) is 0 Å². The number of nitrogens with one attached hydrogen (secondary N) is 1. The Morgan fingerprint density at radius 2 is 1.92 bits per heavy atom. The molecule has 0 saturated carbocycles. The standard InChI is InChI=1S/C30H42N4O4/c1-21-25(12-11-24-9-6-10-27(38-24)22-7-4-3-5-8-22)31-20-32-29(21)30(35)34-16-13-23(14-17-34)33-26-15-18-37-19-28(26)36-2/h3-5,7-8,20,23-24,26-28,33H,6,9-19H2,1-2H3/t24-,26-,27+,28+/m0/s1. The predicted octanol–water partition coefficient (Wildman–Crippen LogP) is 4.03. The van der Waals surface area contributed by atoms with E-state index in [1.165, 1.54) is 12.0 Å². The van der Waals surface area contributed by atoms with Crippen molar-refractivity contribution < 1.29 is 19.0 Å². The second-order valence-corrected chi connectivity index (χ2v) is 10.9. The summed E-state index contributed by atoms with van der Waals surface area (Å²) in [6.45, 7) is 4.85. The van der Waals surface area contributed by atoms with E-state index in [9.17, 15) is 4.79 Å². The third-order valence-corrected chi connectivity index (χ3v) is 8.45. The van der Waals surface area contributed by atoms with Crippen LogP contribution in [0.1, 0.15) is 78.4 Å². The zero-order valence-corrected chi connectivity index (χ0v) is 22.8. The number of nitrogens with zero attached hydrogens (tertiary/aromatic N) is 3. The summed E-state index contributed by atoms with van der Waals surface area (Å²) in [5.74, 6) is 0.0171. The van der Waals surface area contributed by atoms with E-state index >= 15 is 0 Å². The number of methoxy groups -OCH3 is 1. The number of aromatic nitrogens is 2. The van der Waals surface area contributed by atoms with Gasteiger partial charge in [-0.25, -0.2) is 9.97 Å². The number of ether oxygens (including phenoxy) is 3. The molecule has 8 nitrogen and oxygen atoms in total. The fraction of sp³-hybridized carbons (Fsp3) is 0.633. The normalized spacial score (nSPS) is 26.8. The Morgan fingerprint density at radius 1 is 1.11 bits per heavy atom. The highest BCUT2D eigenvalue weighted by Crippen LogP contribution is 2.33. The molecule has 3 aliphatic heterocycles. The topological polar surface area (TPSA) is 85.8 Å². The molecule has 3 fully saturated rings. The maximum absolute atomic E-state index is 13.4. The summed E-state index contributed by atoms with van der Waals surface area (Å²) in [4.78, 5) is 24.3. The van der Waals surface area contributed by atoms with E-state index in [1.807, 2.05) is 17.9 Å². The van der Waals surface area contributed by atoms with E-state index < -0.39 is 0 Å². The van der Waals surface area contributed by atoms with E-state index in [2.05, 4.69) is 39.6 Å². The molecule has 0 radical (unpaired) electrons. The van der Waals surface area contributed by atoms with Crippen LogP contribution in [0.4, 0.5) is 0 Å². The quantitative estimate of drug-likeness (QED) is 0.560. The molecule has 38 heavy (non-hydrogen) atoms.